The van der Waals surface area contributed by atoms with Gasteiger partial charge in [0.25, 0.3) is 0 Å². The first-order valence-electron chi connectivity index (χ1n) is 5.49. The molecule has 1 aliphatic rings. The van der Waals surface area contributed by atoms with Crippen LogP contribution in [0.4, 0.5) is 0 Å². The van der Waals surface area contributed by atoms with Gasteiger partial charge in [0.1, 0.15) is 0 Å². The number of H-pyrrole nitrogens is 1. The van der Waals surface area contributed by atoms with Crippen molar-refractivity contribution in [2.75, 3.05) is 20.1 Å². The smallest absolute Gasteiger partial charge is 0.188 e. The predicted octanol–water partition coefficient (Wildman–Crippen LogP) is -0.226. The van der Waals surface area contributed by atoms with E-state index in [0.717, 1.165) is 12.4 Å². The summed E-state index contributed by atoms with van der Waals surface area (Å²) in [5.41, 5.74) is 0. The molecule has 2 N–H and O–H groups in total. The first-order valence-corrected chi connectivity index (χ1v) is 5.49. The fraction of sp³-hybridized carbons (Fsp3) is 0.889. The second kappa shape index (κ2) is 5.18. The van der Waals surface area contributed by atoms with Gasteiger partial charge in [-0.2, -0.15) is 5.21 Å². The van der Waals surface area contributed by atoms with Gasteiger partial charge in [-0.05, 0) is 26.4 Å². The summed E-state index contributed by atoms with van der Waals surface area (Å²) in [6, 6.07) is 0.658. The number of aromatic nitrogens is 4. The van der Waals surface area contributed by atoms with E-state index in [9.17, 15) is 0 Å². The lowest BCUT2D eigenvalue weighted by Crippen LogP contribution is -2.42. The van der Waals surface area contributed by atoms with Gasteiger partial charge in [-0.3, -0.25) is 0 Å². The van der Waals surface area contributed by atoms with Crippen molar-refractivity contribution < 1.29 is 0 Å². The van der Waals surface area contributed by atoms with Crippen LogP contribution in [0.15, 0.2) is 0 Å². The summed E-state index contributed by atoms with van der Waals surface area (Å²) in [5.74, 6) is 0.730. The van der Waals surface area contributed by atoms with Crippen molar-refractivity contribution in [3.8, 4) is 0 Å². The van der Waals surface area contributed by atoms with Crippen molar-refractivity contribution in [1.29, 1.82) is 0 Å². The Morgan fingerprint density at radius 2 is 2.47 bits per heavy atom. The Bertz CT molecular complexity index is 272. The van der Waals surface area contributed by atoms with E-state index in [-0.39, 0.29) is 0 Å². The number of nitrogens with one attached hydrogen (secondary N) is 2. The van der Waals surface area contributed by atoms with E-state index in [0.29, 0.717) is 12.6 Å². The van der Waals surface area contributed by atoms with Crippen LogP contribution in [0.25, 0.3) is 0 Å². The van der Waals surface area contributed by atoms with E-state index < -0.39 is 0 Å². The van der Waals surface area contributed by atoms with E-state index in [4.69, 9.17) is 0 Å². The lowest BCUT2D eigenvalue weighted by atomic mass is 10.0. The molecule has 1 unspecified atom stereocenters. The fourth-order valence-corrected chi connectivity index (χ4v) is 2.01. The van der Waals surface area contributed by atoms with Crippen molar-refractivity contribution in [1.82, 2.24) is 30.8 Å². The quantitative estimate of drug-likeness (QED) is 0.718. The Labute approximate surface area is 89.4 Å². The monoisotopic (exact) mass is 210 g/mol. The Hall–Kier alpha value is -1.01. The minimum absolute atomic E-state index is 0.658. The van der Waals surface area contributed by atoms with Gasteiger partial charge in [0.15, 0.2) is 5.82 Å². The third-order valence-corrected chi connectivity index (χ3v) is 2.97. The van der Waals surface area contributed by atoms with E-state index in [1.807, 2.05) is 0 Å². The molecule has 0 aromatic carbocycles. The molecule has 1 aromatic heterocycles. The van der Waals surface area contributed by atoms with Gasteiger partial charge < -0.3 is 10.2 Å². The lowest BCUT2D eigenvalue weighted by molar-refractivity contribution is 0.181. The van der Waals surface area contributed by atoms with Crippen molar-refractivity contribution >= 4 is 0 Å². The molecule has 1 aromatic rings. The molecular formula is C9H18N6. The molecule has 0 aliphatic carbocycles. The Morgan fingerprint density at radius 1 is 1.53 bits per heavy atom. The number of hydrogen-bond acceptors (Lipinski definition) is 5. The number of nitrogens with zero attached hydrogens (tertiary/aromatic N) is 4. The Balaban J connectivity index is 1.68. The SMILES string of the molecule is CN1CCCCC1CNCc1nn[nH]n1. The van der Waals surface area contributed by atoms with Gasteiger partial charge in [0.05, 0.1) is 6.54 Å². The molecule has 1 atom stereocenters. The van der Waals surface area contributed by atoms with E-state index >= 15 is 0 Å². The number of hydrogen-bond donors (Lipinski definition) is 2. The number of rotatable bonds is 4. The van der Waals surface area contributed by atoms with Crippen LogP contribution in [0.5, 0.6) is 0 Å². The highest BCUT2D eigenvalue weighted by molar-refractivity contribution is 4.79. The summed E-state index contributed by atoms with van der Waals surface area (Å²) < 4.78 is 0. The number of likely N-dealkylation sites (tertiary alicyclic amines) is 1. The van der Waals surface area contributed by atoms with Gasteiger partial charge in [0, 0.05) is 12.6 Å². The highest BCUT2D eigenvalue weighted by Gasteiger charge is 2.17. The molecule has 84 valence electrons. The topological polar surface area (TPSA) is 69.7 Å². The van der Waals surface area contributed by atoms with Crippen molar-refractivity contribution in [2.24, 2.45) is 0 Å². The lowest BCUT2D eigenvalue weighted by Gasteiger charge is -2.32. The molecule has 0 saturated carbocycles. The van der Waals surface area contributed by atoms with Crippen LogP contribution >= 0.6 is 0 Å². The zero-order valence-electron chi connectivity index (χ0n) is 9.11. The molecule has 2 rings (SSSR count). The van der Waals surface area contributed by atoms with E-state index in [2.05, 4.69) is 37.9 Å². The average Bonchev–Trinajstić information content (AvgIpc) is 2.74. The molecule has 1 fully saturated rings. The molecule has 15 heavy (non-hydrogen) atoms. The summed E-state index contributed by atoms with van der Waals surface area (Å²) >= 11 is 0. The zero-order valence-corrected chi connectivity index (χ0v) is 9.11. The normalized spacial score (nSPS) is 23.1. The summed E-state index contributed by atoms with van der Waals surface area (Å²) in [7, 11) is 2.19. The molecule has 0 bridgehead atoms. The van der Waals surface area contributed by atoms with Crippen LogP contribution in [0.3, 0.4) is 0 Å². The van der Waals surface area contributed by atoms with Gasteiger partial charge in [0.2, 0.25) is 0 Å². The zero-order chi connectivity index (χ0) is 10.5. The largest absolute Gasteiger partial charge is 0.308 e. The maximum absolute atomic E-state index is 3.89. The molecule has 1 saturated heterocycles. The second-order valence-corrected chi connectivity index (χ2v) is 4.09. The van der Waals surface area contributed by atoms with Gasteiger partial charge in [-0.15, -0.1) is 10.2 Å². The third-order valence-electron chi connectivity index (χ3n) is 2.97. The summed E-state index contributed by atoms with van der Waals surface area (Å²) in [4.78, 5) is 2.42. The maximum Gasteiger partial charge on any atom is 0.188 e. The van der Waals surface area contributed by atoms with Crippen LogP contribution in [0.2, 0.25) is 0 Å². The first-order chi connectivity index (χ1) is 7.36. The maximum atomic E-state index is 3.89. The van der Waals surface area contributed by atoms with Crippen LogP contribution in [-0.4, -0.2) is 51.7 Å². The molecule has 6 heteroatoms. The first kappa shape index (κ1) is 10.5. The highest BCUT2D eigenvalue weighted by atomic mass is 15.5. The minimum atomic E-state index is 0.658. The third kappa shape index (κ3) is 2.97. The number of aromatic amines is 1. The molecular weight excluding hydrogens is 192 g/mol. The molecule has 0 spiro atoms. The average molecular weight is 210 g/mol. The molecule has 1 aliphatic heterocycles. The predicted molar refractivity (Wildman–Crippen MR) is 56.2 cm³/mol. The number of likely N-dealkylation sites (N-methyl/N-ethyl adjacent to an activating group) is 1. The standard InChI is InChI=1S/C9H18N6/c1-15-5-3-2-4-8(15)6-10-7-9-11-13-14-12-9/h8,10H,2-7H2,1H3,(H,11,12,13,14). The van der Waals surface area contributed by atoms with Crippen LogP contribution in [0, 0.1) is 0 Å². The van der Waals surface area contributed by atoms with Crippen LogP contribution in [-0.2, 0) is 6.54 Å². The number of tetrazole rings is 1. The molecule has 0 radical (unpaired) electrons. The summed E-state index contributed by atoms with van der Waals surface area (Å²) in [6.07, 6.45) is 3.96. The van der Waals surface area contributed by atoms with Crippen LogP contribution < -0.4 is 5.32 Å². The van der Waals surface area contributed by atoms with Gasteiger partial charge in [-0.1, -0.05) is 11.6 Å². The fourth-order valence-electron chi connectivity index (χ4n) is 2.01. The van der Waals surface area contributed by atoms with Crippen molar-refractivity contribution in [2.45, 2.75) is 31.8 Å². The van der Waals surface area contributed by atoms with Crippen molar-refractivity contribution in [3.63, 3.8) is 0 Å². The van der Waals surface area contributed by atoms with E-state index in [1.165, 1.54) is 25.8 Å². The molecule has 6 nitrogen and oxygen atoms in total. The second-order valence-electron chi connectivity index (χ2n) is 4.09. The highest BCUT2D eigenvalue weighted by Crippen LogP contribution is 2.13. The molecule has 0 amide bonds. The minimum Gasteiger partial charge on any atom is -0.308 e. The van der Waals surface area contributed by atoms with Gasteiger partial charge in [-0.25, -0.2) is 0 Å². The molecule has 2 heterocycles. The van der Waals surface area contributed by atoms with Crippen LogP contribution in [0.1, 0.15) is 25.1 Å². The Kier molecular flexibility index (Phi) is 3.63. The van der Waals surface area contributed by atoms with E-state index in [1.54, 1.807) is 0 Å². The Morgan fingerprint density at radius 3 is 3.20 bits per heavy atom. The van der Waals surface area contributed by atoms with Crippen molar-refractivity contribution in [3.05, 3.63) is 5.82 Å². The summed E-state index contributed by atoms with van der Waals surface area (Å²) in [6.45, 7) is 2.92. The van der Waals surface area contributed by atoms with Gasteiger partial charge >= 0.3 is 0 Å². The summed E-state index contributed by atoms with van der Waals surface area (Å²) in [5, 5.41) is 17.1. The number of piperidine rings is 1.